The van der Waals surface area contributed by atoms with Gasteiger partial charge in [0.05, 0.1) is 19.8 Å². The normalized spacial score (nSPS) is 17.8. The molecule has 0 N–H and O–H groups in total. The third-order valence-electron chi connectivity index (χ3n) is 7.55. The first-order chi connectivity index (χ1) is 21.3. The molecule has 1 aliphatic rings. The zero-order valence-corrected chi connectivity index (χ0v) is 26.7. The summed E-state index contributed by atoms with van der Waals surface area (Å²) < 4.78 is 36.4. The Morgan fingerprint density at radius 2 is 1.50 bits per heavy atom. The van der Waals surface area contributed by atoms with Gasteiger partial charge < -0.3 is 28.1 Å². The molecule has 3 aromatic rings. The van der Waals surface area contributed by atoms with E-state index >= 15 is 0 Å². The SMILES string of the molecule is CCCCOc1ccc(-c2oc3cc(OCCCC)cc(OCCCC)c3c(=O)c2OC2C=C[C@@H](OC(C)=O)[C@H](C)C2)cc1. The van der Waals surface area contributed by atoms with E-state index in [0.29, 0.717) is 60.0 Å². The van der Waals surface area contributed by atoms with Crippen LogP contribution in [-0.2, 0) is 9.53 Å². The predicted octanol–water partition coefficient (Wildman–Crippen LogP) is 8.27. The molecule has 1 unspecified atom stereocenters. The molecule has 1 aromatic heterocycles. The summed E-state index contributed by atoms with van der Waals surface area (Å²) in [6, 6.07) is 11.0. The maximum absolute atomic E-state index is 14.3. The topological polar surface area (TPSA) is 93.4 Å². The Morgan fingerprint density at radius 3 is 2.11 bits per heavy atom. The summed E-state index contributed by atoms with van der Waals surface area (Å²) >= 11 is 0. The smallest absolute Gasteiger partial charge is 0.303 e. The molecule has 0 bridgehead atoms. The monoisotopic (exact) mass is 606 g/mol. The van der Waals surface area contributed by atoms with Crippen molar-refractivity contribution >= 4 is 16.9 Å². The molecule has 0 radical (unpaired) electrons. The molecule has 0 aliphatic heterocycles. The molecule has 0 spiro atoms. The van der Waals surface area contributed by atoms with Crippen molar-refractivity contribution in [3.8, 4) is 34.3 Å². The minimum absolute atomic E-state index is 0.000154. The fraction of sp³-hybridized carbons (Fsp3) is 0.500. The van der Waals surface area contributed by atoms with Crippen LogP contribution in [0.4, 0.5) is 0 Å². The first kappa shape index (κ1) is 33.0. The number of hydrogen-bond acceptors (Lipinski definition) is 8. The molecule has 8 heteroatoms. The van der Waals surface area contributed by atoms with Gasteiger partial charge in [-0.15, -0.1) is 0 Å². The number of esters is 1. The van der Waals surface area contributed by atoms with Crippen molar-refractivity contribution in [1.82, 2.24) is 0 Å². The van der Waals surface area contributed by atoms with Gasteiger partial charge in [0.25, 0.3) is 0 Å². The fourth-order valence-electron chi connectivity index (χ4n) is 5.02. The van der Waals surface area contributed by atoms with E-state index in [0.717, 1.165) is 44.3 Å². The number of carbonyl (C=O) groups is 1. The molecule has 4 rings (SSSR count). The van der Waals surface area contributed by atoms with Gasteiger partial charge in [0.1, 0.15) is 40.4 Å². The molecule has 0 fully saturated rings. The molecule has 0 saturated heterocycles. The highest BCUT2D eigenvalue weighted by Crippen LogP contribution is 2.38. The van der Waals surface area contributed by atoms with E-state index < -0.39 is 6.10 Å². The number of unbranched alkanes of at least 4 members (excludes halogenated alkanes) is 3. The lowest BCUT2D eigenvalue weighted by atomic mass is 9.91. The molecule has 238 valence electrons. The largest absolute Gasteiger partial charge is 0.494 e. The number of ether oxygens (including phenoxy) is 5. The van der Waals surface area contributed by atoms with Crippen LogP contribution < -0.4 is 24.4 Å². The summed E-state index contributed by atoms with van der Waals surface area (Å²) in [6.07, 6.45) is 9.18. The molecule has 1 aliphatic carbocycles. The second-order valence-corrected chi connectivity index (χ2v) is 11.3. The Balaban J connectivity index is 1.80. The number of benzene rings is 2. The molecule has 0 amide bonds. The van der Waals surface area contributed by atoms with E-state index in [4.69, 9.17) is 28.1 Å². The van der Waals surface area contributed by atoms with Crippen LogP contribution in [0.2, 0.25) is 0 Å². The standard InChI is InChI=1S/C36H46O8/c1-6-9-18-39-27-14-12-26(13-15-27)35-36(43-28-16-17-30(24(4)21-28)42-25(5)37)34(38)33-31(41-20-11-8-3)22-29(23-32(33)44-35)40-19-10-7-2/h12-17,22-24,28,30H,6-11,18-21H2,1-5H3/t24-,28?,30-/m1/s1. The van der Waals surface area contributed by atoms with Crippen molar-refractivity contribution in [3.63, 3.8) is 0 Å². The van der Waals surface area contributed by atoms with E-state index in [1.54, 1.807) is 12.1 Å². The number of carbonyl (C=O) groups excluding carboxylic acids is 1. The molecular weight excluding hydrogens is 560 g/mol. The van der Waals surface area contributed by atoms with E-state index in [9.17, 15) is 9.59 Å². The van der Waals surface area contributed by atoms with E-state index in [1.807, 2.05) is 43.3 Å². The van der Waals surface area contributed by atoms with Crippen molar-refractivity contribution in [1.29, 1.82) is 0 Å². The van der Waals surface area contributed by atoms with Crippen LogP contribution in [0.25, 0.3) is 22.3 Å². The lowest BCUT2D eigenvalue weighted by molar-refractivity contribution is -0.146. The minimum Gasteiger partial charge on any atom is -0.494 e. The number of rotatable bonds is 16. The molecule has 2 aromatic carbocycles. The summed E-state index contributed by atoms with van der Waals surface area (Å²) in [5.41, 5.74) is 0.723. The first-order valence-corrected chi connectivity index (χ1v) is 16.0. The lowest BCUT2D eigenvalue weighted by Crippen LogP contribution is -2.32. The minimum atomic E-state index is -0.423. The Hall–Kier alpha value is -3.94. The van der Waals surface area contributed by atoms with Crippen LogP contribution >= 0.6 is 0 Å². The quantitative estimate of drug-likeness (QED) is 0.0914. The van der Waals surface area contributed by atoms with Crippen molar-refractivity contribution in [3.05, 3.63) is 58.8 Å². The highest BCUT2D eigenvalue weighted by atomic mass is 16.5. The summed E-state index contributed by atoms with van der Waals surface area (Å²) in [7, 11) is 0. The van der Waals surface area contributed by atoms with Crippen LogP contribution in [0.5, 0.6) is 23.0 Å². The van der Waals surface area contributed by atoms with Gasteiger partial charge >= 0.3 is 5.97 Å². The van der Waals surface area contributed by atoms with Crippen molar-refractivity contribution in [2.75, 3.05) is 19.8 Å². The van der Waals surface area contributed by atoms with Crippen LogP contribution in [0.15, 0.2) is 57.8 Å². The van der Waals surface area contributed by atoms with Crippen LogP contribution in [0.3, 0.4) is 0 Å². The Bertz CT molecular complexity index is 1460. The van der Waals surface area contributed by atoms with E-state index in [1.165, 1.54) is 6.92 Å². The Kier molecular flexibility index (Phi) is 12.2. The summed E-state index contributed by atoms with van der Waals surface area (Å²) in [5.74, 6) is 1.82. The third kappa shape index (κ3) is 8.58. The van der Waals surface area contributed by atoms with Gasteiger partial charge in [-0.2, -0.15) is 0 Å². The second-order valence-electron chi connectivity index (χ2n) is 11.3. The van der Waals surface area contributed by atoms with Crippen LogP contribution in [0, 0.1) is 5.92 Å². The van der Waals surface area contributed by atoms with Gasteiger partial charge in [0.2, 0.25) is 11.2 Å². The summed E-state index contributed by atoms with van der Waals surface area (Å²) in [4.78, 5) is 25.9. The van der Waals surface area contributed by atoms with Gasteiger partial charge in [-0.3, -0.25) is 9.59 Å². The molecule has 1 heterocycles. The molecule has 8 nitrogen and oxygen atoms in total. The van der Waals surface area contributed by atoms with E-state index in [2.05, 4.69) is 20.8 Å². The van der Waals surface area contributed by atoms with Crippen molar-refractivity contribution < 1.29 is 32.9 Å². The average Bonchev–Trinajstić information content (AvgIpc) is 3.00. The zero-order valence-electron chi connectivity index (χ0n) is 26.7. The lowest BCUT2D eigenvalue weighted by Gasteiger charge is -2.29. The van der Waals surface area contributed by atoms with Gasteiger partial charge in [-0.05, 0) is 62.1 Å². The first-order valence-electron chi connectivity index (χ1n) is 16.0. The van der Waals surface area contributed by atoms with Gasteiger partial charge in [0.15, 0.2) is 5.76 Å². The summed E-state index contributed by atoms with van der Waals surface area (Å²) in [6.45, 7) is 11.4. The van der Waals surface area contributed by atoms with Gasteiger partial charge in [-0.1, -0.05) is 47.0 Å². The van der Waals surface area contributed by atoms with Crippen molar-refractivity contribution in [2.45, 2.75) is 91.8 Å². The molecule has 44 heavy (non-hydrogen) atoms. The Morgan fingerprint density at radius 1 is 0.864 bits per heavy atom. The average molecular weight is 607 g/mol. The van der Waals surface area contributed by atoms with Gasteiger partial charge in [-0.25, -0.2) is 0 Å². The zero-order chi connectivity index (χ0) is 31.5. The third-order valence-corrected chi connectivity index (χ3v) is 7.55. The van der Waals surface area contributed by atoms with E-state index in [-0.39, 0.29) is 29.2 Å². The highest BCUT2D eigenvalue weighted by Gasteiger charge is 2.29. The fourth-order valence-corrected chi connectivity index (χ4v) is 5.02. The highest BCUT2D eigenvalue weighted by molar-refractivity contribution is 5.88. The number of fused-ring (bicyclic) bond motifs is 1. The maximum atomic E-state index is 14.3. The van der Waals surface area contributed by atoms with Gasteiger partial charge in [0, 0.05) is 30.5 Å². The predicted molar refractivity (Wildman–Crippen MR) is 172 cm³/mol. The Labute approximate surface area is 260 Å². The molecule has 3 atom stereocenters. The molecule has 0 saturated carbocycles. The second kappa shape index (κ2) is 16.2. The van der Waals surface area contributed by atoms with Crippen LogP contribution in [-0.4, -0.2) is 38.0 Å². The molecular formula is C36H46O8. The summed E-state index contributed by atoms with van der Waals surface area (Å²) in [5, 5.41) is 0.313. The number of hydrogen-bond donors (Lipinski definition) is 0. The maximum Gasteiger partial charge on any atom is 0.303 e. The van der Waals surface area contributed by atoms with Crippen LogP contribution in [0.1, 0.15) is 79.6 Å². The van der Waals surface area contributed by atoms with Crippen molar-refractivity contribution in [2.24, 2.45) is 5.92 Å².